The van der Waals surface area contributed by atoms with Crippen LogP contribution in [0.25, 0.3) is 0 Å². The lowest BCUT2D eigenvalue weighted by Crippen LogP contribution is -2.55. The average molecular weight is 303 g/mol. The third-order valence-electron chi connectivity index (χ3n) is 3.81. The van der Waals surface area contributed by atoms with E-state index >= 15 is 0 Å². The molecule has 116 valence electrons. The highest BCUT2D eigenvalue weighted by Crippen LogP contribution is 2.25. The van der Waals surface area contributed by atoms with E-state index in [-0.39, 0.29) is 12.4 Å². The molecule has 0 spiro atoms. The molecule has 3 rings (SSSR count). The van der Waals surface area contributed by atoms with E-state index in [4.69, 9.17) is 4.74 Å². The third kappa shape index (κ3) is 3.23. The fourth-order valence-electron chi connectivity index (χ4n) is 2.70. The molecular formula is C16H18FN3O2. The third-order valence-corrected chi connectivity index (χ3v) is 3.81. The Bertz CT molecular complexity index is 609. The van der Waals surface area contributed by atoms with Crippen LogP contribution in [0.4, 0.5) is 10.3 Å². The van der Waals surface area contributed by atoms with Crippen molar-refractivity contribution >= 4 is 5.95 Å². The van der Waals surface area contributed by atoms with Gasteiger partial charge in [-0.15, -0.1) is 0 Å². The Hall–Kier alpha value is -2.05. The Kier molecular flexibility index (Phi) is 4.31. The number of morpholine rings is 1. The first-order chi connectivity index (χ1) is 10.7. The molecule has 2 heterocycles. The Morgan fingerprint density at radius 2 is 1.95 bits per heavy atom. The summed E-state index contributed by atoms with van der Waals surface area (Å²) >= 11 is 0. The van der Waals surface area contributed by atoms with E-state index in [1.807, 2.05) is 4.90 Å². The van der Waals surface area contributed by atoms with Crippen LogP contribution in [0, 0.1) is 5.82 Å². The SMILES string of the molecule is OC[C@@]1(Cc2ccc(F)cc2)CN(c2ncccn2)CCO1. The van der Waals surface area contributed by atoms with Gasteiger partial charge in [0.1, 0.15) is 11.4 Å². The summed E-state index contributed by atoms with van der Waals surface area (Å²) in [6.07, 6.45) is 3.89. The first-order valence-corrected chi connectivity index (χ1v) is 7.22. The van der Waals surface area contributed by atoms with Crippen molar-refractivity contribution in [3.63, 3.8) is 0 Å². The van der Waals surface area contributed by atoms with E-state index in [1.165, 1.54) is 12.1 Å². The highest BCUT2D eigenvalue weighted by Gasteiger charge is 2.37. The van der Waals surface area contributed by atoms with Crippen LogP contribution in [0.5, 0.6) is 0 Å². The number of hydrogen-bond donors (Lipinski definition) is 1. The van der Waals surface area contributed by atoms with Gasteiger partial charge in [0.2, 0.25) is 5.95 Å². The van der Waals surface area contributed by atoms with Crippen LogP contribution in [-0.2, 0) is 11.2 Å². The number of halogens is 1. The number of rotatable bonds is 4. The van der Waals surface area contributed by atoms with Gasteiger partial charge < -0.3 is 14.7 Å². The number of aliphatic hydroxyl groups excluding tert-OH is 1. The number of benzene rings is 1. The quantitative estimate of drug-likeness (QED) is 0.926. The summed E-state index contributed by atoms with van der Waals surface area (Å²) in [7, 11) is 0. The predicted octanol–water partition coefficient (Wildman–Crippen LogP) is 1.43. The number of nitrogens with zero attached hydrogens (tertiary/aromatic N) is 3. The minimum Gasteiger partial charge on any atom is -0.393 e. The lowest BCUT2D eigenvalue weighted by molar-refractivity contribution is -0.0871. The largest absolute Gasteiger partial charge is 0.393 e. The summed E-state index contributed by atoms with van der Waals surface area (Å²) in [6, 6.07) is 8.03. The number of hydrogen-bond acceptors (Lipinski definition) is 5. The average Bonchev–Trinajstić information content (AvgIpc) is 2.58. The van der Waals surface area contributed by atoms with E-state index in [2.05, 4.69) is 9.97 Å². The first-order valence-electron chi connectivity index (χ1n) is 7.22. The zero-order chi connectivity index (χ0) is 15.4. The summed E-state index contributed by atoms with van der Waals surface area (Å²) in [4.78, 5) is 10.5. The Labute approximate surface area is 128 Å². The molecule has 1 fully saturated rings. The summed E-state index contributed by atoms with van der Waals surface area (Å²) in [5.41, 5.74) is 0.196. The maximum Gasteiger partial charge on any atom is 0.225 e. The maximum atomic E-state index is 13.0. The molecule has 22 heavy (non-hydrogen) atoms. The first kappa shape index (κ1) is 14.9. The van der Waals surface area contributed by atoms with E-state index in [0.29, 0.717) is 32.1 Å². The monoisotopic (exact) mass is 303 g/mol. The Morgan fingerprint density at radius 1 is 1.23 bits per heavy atom. The molecular weight excluding hydrogens is 285 g/mol. The number of aliphatic hydroxyl groups is 1. The molecule has 0 saturated carbocycles. The molecule has 1 saturated heterocycles. The second kappa shape index (κ2) is 6.37. The van der Waals surface area contributed by atoms with Crippen LogP contribution in [0.2, 0.25) is 0 Å². The highest BCUT2D eigenvalue weighted by molar-refractivity contribution is 5.31. The van der Waals surface area contributed by atoms with Crippen LogP contribution < -0.4 is 4.90 Å². The van der Waals surface area contributed by atoms with Crippen molar-refractivity contribution in [2.45, 2.75) is 12.0 Å². The van der Waals surface area contributed by atoms with Crippen molar-refractivity contribution in [1.82, 2.24) is 9.97 Å². The van der Waals surface area contributed by atoms with Gasteiger partial charge in [-0.05, 0) is 23.8 Å². The molecule has 0 bridgehead atoms. The normalized spacial score (nSPS) is 21.8. The molecule has 1 aliphatic rings. The molecule has 1 atom stereocenters. The van der Waals surface area contributed by atoms with Crippen molar-refractivity contribution in [3.8, 4) is 0 Å². The van der Waals surface area contributed by atoms with Crippen LogP contribution in [-0.4, -0.2) is 47.0 Å². The molecule has 0 aliphatic carbocycles. The predicted molar refractivity (Wildman–Crippen MR) is 80.1 cm³/mol. The summed E-state index contributed by atoms with van der Waals surface area (Å²) < 4.78 is 18.9. The number of ether oxygens (including phenoxy) is 1. The van der Waals surface area contributed by atoms with Gasteiger partial charge in [0.15, 0.2) is 0 Å². The molecule has 0 radical (unpaired) electrons. The summed E-state index contributed by atoms with van der Waals surface area (Å²) in [5, 5.41) is 9.86. The minimum absolute atomic E-state index is 0.117. The molecule has 6 heteroatoms. The van der Waals surface area contributed by atoms with Gasteiger partial charge in [-0.25, -0.2) is 14.4 Å². The standard InChI is InChI=1S/C16H18FN3O2/c17-14-4-2-13(3-5-14)10-16(12-21)11-20(8-9-22-16)15-18-6-1-7-19-15/h1-7,21H,8-12H2/t16-/m1/s1. The molecule has 0 amide bonds. The van der Waals surface area contributed by atoms with E-state index in [0.717, 1.165) is 5.56 Å². The fraction of sp³-hybridized carbons (Fsp3) is 0.375. The van der Waals surface area contributed by atoms with Gasteiger partial charge in [-0.3, -0.25) is 0 Å². The van der Waals surface area contributed by atoms with E-state index < -0.39 is 5.60 Å². The minimum atomic E-state index is -0.727. The molecule has 0 unspecified atom stereocenters. The lowest BCUT2D eigenvalue weighted by atomic mass is 9.93. The zero-order valence-electron chi connectivity index (χ0n) is 12.2. The van der Waals surface area contributed by atoms with Gasteiger partial charge in [0.05, 0.1) is 19.8 Å². The smallest absolute Gasteiger partial charge is 0.225 e. The second-order valence-electron chi connectivity index (χ2n) is 5.46. The maximum absolute atomic E-state index is 13.0. The van der Waals surface area contributed by atoms with Crippen molar-refractivity contribution in [2.24, 2.45) is 0 Å². The summed E-state index contributed by atoms with van der Waals surface area (Å²) in [5.74, 6) is 0.355. The summed E-state index contributed by atoms with van der Waals surface area (Å²) in [6.45, 7) is 1.54. The van der Waals surface area contributed by atoms with Gasteiger partial charge in [-0.1, -0.05) is 12.1 Å². The lowest BCUT2D eigenvalue weighted by Gasteiger charge is -2.41. The second-order valence-corrected chi connectivity index (χ2v) is 5.46. The van der Waals surface area contributed by atoms with Gasteiger partial charge >= 0.3 is 0 Å². The van der Waals surface area contributed by atoms with Gasteiger partial charge in [0.25, 0.3) is 0 Å². The molecule has 1 aromatic heterocycles. The van der Waals surface area contributed by atoms with Crippen molar-refractivity contribution in [3.05, 3.63) is 54.1 Å². The van der Waals surface area contributed by atoms with Crippen LogP contribution in [0.3, 0.4) is 0 Å². The van der Waals surface area contributed by atoms with Crippen LogP contribution >= 0.6 is 0 Å². The molecule has 1 N–H and O–H groups in total. The Morgan fingerprint density at radius 3 is 2.64 bits per heavy atom. The number of anilines is 1. The zero-order valence-corrected chi connectivity index (χ0v) is 12.2. The van der Waals surface area contributed by atoms with Gasteiger partial charge in [-0.2, -0.15) is 0 Å². The number of aromatic nitrogens is 2. The topological polar surface area (TPSA) is 58.5 Å². The molecule has 2 aromatic rings. The fourth-order valence-corrected chi connectivity index (χ4v) is 2.70. The molecule has 5 nitrogen and oxygen atoms in total. The van der Waals surface area contributed by atoms with Gasteiger partial charge in [0, 0.05) is 25.4 Å². The van der Waals surface area contributed by atoms with Crippen molar-refractivity contribution in [2.75, 3.05) is 31.2 Å². The van der Waals surface area contributed by atoms with E-state index in [1.54, 1.807) is 30.6 Å². The van der Waals surface area contributed by atoms with Crippen LogP contribution in [0.1, 0.15) is 5.56 Å². The molecule has 1 aliphatic heterocycles. The van der Waals surface area contributed by atoms with Crippen molar-refractivity contribution < 1.29 is 14.2 Å². The van der Waals surface area contributed by atoms with E-state index in [9.17, 15) is 9.50 Å². The molecule has 1 aromatic carbocycles. The Balaban J connectivity index is 1.78. The van der Waals surface area contributed by atoms with Crippen LogP contribution in [0.15, 0.2) is 42.7 Å². The highest BCUT2D eigenvalue weighted by atomic mass is 19.1. The van der Waals surface area contributed by atoms with Crippen molar-refractivity contribution in [1.29, 1.82) is 0 Å².